The molecule has 1 aliphatic carbocycles. The van der Waals surface area contributed by atoms with Gasteiger partial charge in [-0.15, -0.1) is 0 Å². The van der Waals surface area contributed by atoms with E-state index in [1.807, 2.05) is 18.2 Å². The highest BCUT2D eigenvalue weighted by Gasteiger charge is 2.27. The molecule has 1 aliphatic rings. The Hall–Kier alpha value is -1.48. The first kappa shape index (κ1) is 13.5. The predicted octanol–water partition coefficient (Wildman–Crippen LogP) is 4.43. The maximum absolute atomic E-state index is 13.2. The van der Waals surface area contributed by atoms with Gasteiger partial charge in [-0.2, -0.15) is 0 Å². The average Bonchev–Trinajstić information content (AvgIpc) is 2.87. The highest BCUT2D eigenvalue weighted by Crippen LogP contribution is 2.34. The molecule has 0 N–H and O–H groups in total. The second kappa shape index (κ2) is 5.49. The molecule has 3 heteroatoms. The van der Waals surface area contributed by atoms with Crippen LogP contribution in [0.2, 0.25) is 0 Å². The van der Waals surface area contributed by atoms with Crippen molar-refractivity contribution in [1.29, 1.82) is 0 Å². The summed E-state index contributed by atoms with van der Waals surface area (Å²) in [7, 11) is 0. The summed E-state index contributed by atoms with van der Waals surface area (Å²) in [6.45, 7) is 0. The predicted molar refractivity (Wildman–Crippen MR) is 80.3 cm³/mol. The summed E-state index contributed by atoms with van der Waals surface area (Å²) in [5, 5.41) is 0. The monoisotopic (exact) mass is 332 g/mol. The molecule has 20 heavy (non-hydrogen) atoms. The average molecular weight is 333 g/mol. The van der Waals surface area contributed by atoms with E-state index in [4.69, 9.17) is 0 Å². The highest BCUT2D eigenvalue weighted by atomic mass is 79.9. The van der Waals surface area contributed by atoms with Crippen molar-refractivity contribution in [3.05, 3.63) is 69.4 Å². The van der Waals surface area contributed by atoms with Crippen LogP contribution in [0.15, 0.2) is 46.9 Å². The van der Waals surface area contributed by atoms with Gasteiger partial charge in [0.1, 0.15) is 11.6 Å². The van der Waals surface area contributed by atoms with Crippen LogP contribution in [0.3, 0.4) is 0 Å². The number of carbonyl (C=O) groups excluding carboxylic acids is 1. The first-order chi connectivity index (χ1) is 9.65. The van der Waals surface area contributed by atoms with E-state index < -0.39 is 0 Å². The molecule has 2 aromatic rings. The Balaban J connectivity index is 1.79. The minimum absolute atomic E-state index is 0.00460. The Labute approximate surface area is 126 Å². The summed E-state index contributed by atoms with van der Waals surface area (Å²) in [5.74, 6) is -0.0871. The number of benzene rings is 2. The maximum atomic E-state index is 13.2. The van der Waals surface area contributed by atoms with Crippen molar-refractivity contribution in [1.82, 2.24) is 0 Å². The molecule has 0 amide bonds. The zero-order chi connectivity index (χ0) is 14.1. The topological polar surface area (TPSA) is 17.1 Å². The third-order valence-electron chi connectivity index (χ3n) is 3.88. The molecule has 0 aromatic heterocycles. The fraction of sp³-hybridized carbons (Fsp3) is 0.235. The van der Waals surface area contributed by atoms with Gasteiger partial charge < -0.3 is 0 Å². The molecule has 2 aromatic carbocycles. The number of aryl methyl sites for hydroxylation is 1. The van der Waals surface area contributed by atoms with Crippen LogP contribution in [0, 0.1) is 5.82 Å². The zero-order valence-electron chi connectivity index (χ0n) is 10.9. The molecule has 1 atom stereocenters. The van der Waals surface area contributed by atoms with Crippen molar-refractivity contribution < 1.29 is 9.18 Å². The third kappa shape index (κ3) is 2.55. The Morgan fingerprint density at radius 1 is 1.25 bits per heavy atom. The molecule has 3 rings (SSSR count). The van der Waals surface area contributed by atoms with Crippen LogP contribution in [0.4, 0.5) is 4.39 Å². The zero-order valence-corrected chi connectivity index (χ0v) is 12.5. The van der Waals surface area contributed by atoms with Crippen molar-refractivity contribution in [3.8, 4) is 0 Å². The summed E-state index contributed by atoms with van der Waals surface area (Å²) in [6.07, 6.45) is 2.22. The molecular weight excluding hydrogens is 319 g/mol. The lowest BCUT2D eigenvalue weighted by Gasteiger charge is -2.11. The van der Waals surface area contributed by atoms with Gasteiger partial charge in [0.05, 0.1) is 4.47 Å². The quantitative estimate of drug-likeness (QED) is 0.812. The largest absolute Gasteiger partial charge is 0.299 e. The van der Waals surface area contributed by atoms with Crippen LogP contribution < -0.4 is 0 Å². The van der Waals surface area contributed by atoms with Crippen LogP contribution >= 0.6 is 15.9 Å². The third-order valence-corrected chi connectivity index (χ3v) is 4.49. The smallest absolute Gasteiger partial charge is 0.144 e. The van der Waals surface area contributed by atoms with Gasteiger partial charge in [0.15, 0.2) is 0 Å². The maximum Gasteiger partial charge on any atom is 0.144 e. The number of carbonyl (C=O) groups is 1. The minimum Gasteiger partial charge on any atom is -0.299 e. The second-order valence-electron chi connectivity index (χ2n) is 5.18. The minimum atomic E-state index is -0.299. The fourth-order valence-electron chi connectivity index (χ4n) is 2.87. The number of hydrogen-bond donors (Lipinski definition) is 0. The highest BCUT2D eigenvalue weighted by molar-refractivity contribution is 9.10. The summed E-state index contributed by atoms with van der Waals surface area (Å²) >= 11 is 3.16. The standard InChI is InChI=1S/C17H14BrFO/c18-15-9-11(5-8-16(15)19)10-17(20)14-7-6-12-3-1-2-4-13(12)14/h1-5,8-9,14H,6-7,10H2. The van der Waals surface area contributed by atoms with E-state index in [0.717, 1.165) is 18.4 Å². The van der Waals surface area contributed by atoms with Crippen LogP contribution in [0.1, 0.15) is 29.0 Å². The van der Waals surface area contributed by atoms with Crippen molar-refractivity contribution in [2.24, 2.45) is 0 Å². The van der Waals surface area contributed by atoms with E-state index in [9.17, 15) is 9.18 Å². The van der Waals surface area contributed by atoms with Gasteiger partial charge >= 0.3 is 0 Å². The lowest BCUT2D eigenvalue weighted by atomic mass is 9.92. The number of halogens is 2. The van der Waals surface area contributed by atoms with Gasteiger partial charge in [0.2, 0.25) is 0 Å². The number of hydrogen-bond acceptors (Lipinski definition) is 1. The molecule has 0 aliphatic heterocycles. The lowest BCUT2D eigenvalue weighted by molar-refractivity contribution is -0.119. The number of Topliss-reactive ketones (excluding diaryl/α,β-unsaturated/α-hetero) is 1. The number of rotatable bonds is 3. The van der Waals surface area contributed by atoms with Crippen LogP contribution in [0.5, 0.6) is 0 Å². The molecule has 1 nitrogen and oxygen atoms in total. The lowest BCUT2D eigenvalue weighted by Crippen LogP contribution is -2.12. The molecule has 0 fully saturated rings. The van der Waals surface area contributed by atoms with Crippen molar-refractivity contribution >= 4 is 21.7 Å². The van der Waals surface area contributed by atoms with Gasteiger partial charge in [-0.05, 0) is 57.6 Å². The van der Waals surface area contributed by atoms with E-state index in [0.29, 0.717) is 10.9 Å². The molecule has 0 spiro atoms. The normalized spacial score (nSPS) is 17.0. The van der Waals surface area contributed by atoms with Gasteiger partial charge in [0, 0.05) is 12.3 Å². The summed E-state index contributed by atoms with van der Waals surface area (Å²) in [5.41, 5.74) is 3.30. The first-order valence-corrected chi connectivity index (χ1v) is 7.49. The fourth-order valence-corrected chi connectivity index (χ4v) is 3.29. The summed E-state index contributed by atoms with van der Waals surface area (Å²) < 4.78 is 13.6. The Bertz CT molecular complexity index is 666. The van der Waals surface area contributed by atoms with Crippen LogP contribution in [0.25, 0.3) is 0 Å². The molecule has 0 bridgehead atoms. The molecule has 1 unspecified atom stereocenters. The van der Waals surface area contributed by atoms with Crippen LogP contribution in [-0.4, -0.2) is 5.78 Å². The molecule has 0 saturated heterocycles. The van der Waals surface area contributed by atoms with Gasteiger partial charge in [0.25, 0.3) is 0 Å². The second-order valence-corrected chi connectivity index (χ2v) is 6.04. The van der Waals surface area contributed by atoms with Gasteiger partial charge in [-0.1, -0.05) is 30.3 Å². The Kier molecular flexibility index (Phi) is 3.70. The summed E-state index contributed by atoms with van der Waals surface area (Å²) in [6, 6.07) is 12.9. The molecule has 102 valence electrons. The summed E-state index contributed by atoms with van der Waals surface area (Å²) in [4.78, 5) is 12.5. The van der Waals surface area contributed by atoms with Gasteiger partial charge in [-0.3, -0.25) is 4.79 Å². The SMILES string of the molecule is O=C(Cc1ccc(F)c(Br)c1)C1CCc2ccccc21. The number of fused-ring (bicyclic) bond motifs is 1. The van der Waals surface area contributed by atoms with Crippen molar-refractivity contribution in [2.75, 3.05) is 0 Å². The van der Waals surface area contributed by atoms with Crippen molar-refractivity contribution in [3.63, 3.8) is 0 Å². The van der Waals surface area contributed by atoms with E-state index in [2.05, 4.69) is 22.0 Å². The first-order valence-electron chi connectivity index (χ1n) is 6.69. The van der Waals surface area contributed by atoms with E-state index in [1.54, 1.807) is 12.1 Å². The van der Waals surface area contributed by atoms with E-state index >= 15 is 0 Å². The molecule has 0 radical (unpaired) electrons. The van der Waals surface area contributed by atoms with E-state index in [1.165, 1.54) is 17.2 Å². The van der Waals surface area contributed by atoms with Crippen LogP contribution in [-0.2, 0) is 17.6 Å². The molecule has 0 heterocycles. The molecule has 0 saturated carbocycles. The van der Waals surface area contributed by atoms with Gasteiger partial charge in [-0.25, -0.2) is 4.39 Å². The number of ketones is 1. The Morgan fingerprint density at radius 3 is 2.85 bits per heavy atom. The Morgan fingerprint density at radius 2 is 2.05 bits per heavy atom. The van der Waals surface area contributed by atoms with E-state index in [-0.39, 0.29) is 17.5 Å². The molecular formula is C17H14BrFO. The van der Waals surface area contributed by atoms with Crippen molar-refractivity contribution in [2.45, 2.75) is 25.2 Å².